The van der Waals surface area contributed by atoms with E-state index in [-0.39, 0.29) is 4.83 Å². The molecule has 0 amide bonds. The molecule has 100 valence electrons. The van der Waals surface area contributed by atoms with E-state index in [0.29, 0.717) is 0 Å². The summed E-state index contributed by atoms with van der Waals surface area (Å²) in [5, 5.41) is 2.53. The summed E-state index contributed by atoms with van der Waals surface area (Å²) in [5.41, 5.74) is 2.58. The van der Waals surface area contributed by atoms with E-state index in [9.17, 15) is 0 Å². The van der Waals surface area contributed by atoms with E-state index in [0.717, 1.165) is 4.47 Å². The van der Waals surface area contributed by atoms with Gasteiger partial charge in [0.1, 0.15) is 0 Å². The Morgan fingerprint density at radius 2 is 1.60 bits per heavy atom. The summed E-state index contributed by atoms with van der Waals surface area (Å²) in [6, 6.07) is 21.4. The Hall–Kier alpha value is -0.390. The van der Waals surface area contributed by atoms with Crippen molar-refractivity contribution in [3.05, 3.63) is 79.8 Å². The fourth-order valence-electron chi connectivity index (χ4n) is 2.35. The van der Waals surface area contributed by atoms with Crippen LogP contribution in [-0.2, 0) is 0 Å². The third kappa shape index (κ3) is 2.81. The monoisotopic (exact) mass is 500 g/mol. The van der Waals surface area contributed by atoms with E-state index in [4.69, 9.17) is 0 Å². The number of rotatable bonds is 2. The normalized spacial score (nSPS) is 12.6. The number of fused-ring (bicyclic) bond motifs is 1. The summed E-state index contributed by atoms with van der Waals surface area (Å²) in [7, 11) is 0. The predicted molar refractivity (Wildman–Crippen MR) is 102 cm³/mol. The zero-order valence-corrected chi connectivity index (χ0v) is 15.8. The van der Waals surface area contributed by atoms with Crippen molar-refractivity contribution < 1.29 is 0 Å². The lowest BCUT2D eigenvalue weighted by molar-refractivity contribution is 1.19. The average Bonchev–Trinajstić information content (AvgIpc) is 2.47. The number of hydrogen-bond donors (Lipinski definition) is 0. The lowest BCUT2D eigenvalue weighted by Gasteiger charge is -2.15. The SMILES string of the molecule is Brc1ccc(C(Br)c2cccc(I)c2)c2ccccc12. The van der Waals surface area contributed by atoms with Gasteiger partial charge in [-0.25, -0.2) is 0 Å². The van der Waals surface area contributed by atoms with Gasteiger partial charge in [-0.15, -0.1) is 0 Å². The third-order valence-corrected chi connectivity index (χ3v) is 5.70. The van der Waals surface area contributed by atoms with Crippen LogP contribution in [0.3, 0.4) is 0 Å². The first-order valence-electron chi connectivity index (χ1n) is 6.23. The molecule has 0 nitrogen and oxygen atoms in total. The smallest absolute Gasteiger partial charge is 0.0650 e. The van der Waals surface area contributed by atoms with Gasteiger partial charge in [-0.05, 0) is 62.7 Å². The van der Waals surface area contributed by atoms with Crippen LogP contribution in [-0.4, -0.2) is 0 Å². The highest BCUT2D eigenvalue weighted by atomic mass is 127. The molecule has 1 atom stereocenters. The molecule has 3 rings (SSSR count). The first kappa shape index (κ1) is 14.5. The minimum atomic E-state index is 0.204. The molecule has 0 aliphatic heterocycles. The molecule has 0 saturated carbocycles. The van der Waals surface area contributed by atoms with Crippen molar-refractivity contribution in [2.45, 2.75) is 4.83 Å². The highest BCUT2D eigenvalue weighted by molar-refractivity contribution is 14.1. The molecule has 0 aliphatic rings. The van der Waals surface area contributed by atoms with Gasteiger partial charge in [-0.3, -0.25) is 0 Å². The molecular weight excluding hydrogens is 491 g/mol. The summed E-state index contributed by atoms with van der Waals surface area (Å²) in [5.74, 6) is 0. The highest BCUT2D eigenvalue weighted by Gasteiger charge is 2.14. The summed E-state index contributed by atoms with van der Waals surface area (Å²) < 4.78 is 2.39. The van der Waals surface area contributed by atoms with Gasteiger partial charge in [-0.1, -0.05) is 74.3 Å². The number of benzene rings is 3. The van der Waals surface area contributed by atoms with Gasteiger partial charge in [0, 0.05) is 8.04 Å². The van der Waals surface area contributed by atoms with E-state index < -0.39 is 0 Å². The van der Waals surface area contributed by atoms with Crippen molar-refractivity contribution in [2.24, 2.45) is 0 Å². The van der Waals surface area contributed by atoms with E-state index in [1.54, 1.807) is 0 Å². The number of alkyl halides is 1. The molecular formula is C17H11Br2I. The summed E-state index contributed by atoms with van der Waals surface area (Å²) in [6.07, 6.45) is 0. The Morgan fingerprint density at radius 3 is 2.35 bits per heavy atom. The van der Waals surface area contributed by atoms with Crippen molar-refractivity contribution in [1.82, 2.24) is 0 Å². The Bertz CT molecular complexity index is 768. The van der Waals surface area contributed by atoms with Gasteiger partial charge >= 0.3 is 0 Å². The largest absolute Gasteiger partial charge is 0.0786 e. The van der Waals surface area contributed by atoms with Crippen LogP contribution in [0.1, 0.15) is 16.0 Å². The Morgan fingerprint density at radius 1 is 0.850 bits per heavy atom. The Balaban J connectivity index is 2.17. The maximum atomic E-state index is 3.86. The second-order valence-electron chi connectivity index (χ2n) is 4.60. The van der Waals surface area contributed by atoms with Crippen LogP contribution in [0.15, 0.2) is 65.1 Å². The van der Waals surface area contributed by atoms with Gasteiger partial charge < -0.3 is 0 Å². The molecule has 0 aromatic heterocycles. The standard InChI is InChI=1S/C17H11Br2I/c18-16-9-8-15(13-6-1-2-7-14(13)16)17(19)11-4-3-5-12(20)10-11/h1-10,17H. The van der Waals surface area contributed by atoms with Crippen LogP contribution in [0.25, 0.3) is 10.8 Å². The summed E-state index contributed by atoms with van der Waals surface area (Å²) >= 11 is 9.84. The van der Waals surface area contributed by atoms with Gasteiger partial charge in [0.05, 0.1) is 4.83 Å². The quantitative estimate of drug-likeness (QED) is 0.271. The predicted octanol–water partition coefficient (Wildman–Crippen LogP) is 6.69. The second kappa shape index (κ2) is 6.16. The fourth-order valence-corrected chi connectivity index (χ4v) is 4.08. The third-order valence-electron chi connectivity index (χ3n) is 3.32. The van der Waals surface area contributed by atoms with Crippen LogP contribution >= 0.6 is 54.5 Å². The summed E-state index contributed by atoms with van der Waals surface area (Å²) in [6.45, 7) is 0. The van der Waals surface area contributed by atoms with Gasteiger partial charge in [-0.2, -0.15) is 0 Å². The molecule has 0 radical (unpaired) electrons. The molecule has 3 aromatic rings. The first-order valence-corrected chi connectivity index (χ1v) is 9.02. The average molecular weight is 502 g/mol. The second-order valence-corrected chi connectivity index (χ2v) is 7.62. The Kier molecular flexibility index (Phi) is 4.48. The molecule has 0 fully saturated rings. The molecule has 0 spiro atoms. The van der Waals surface area contributed by atoms with Crippen molar-refractivity contribution in [3.8, 4) is 0 Å². The lowest BCUT2D eigenvalue weighted by atomic mass is 9.98. The zero-order chi connectivity index (χ0) is 14.1. The van der Waals surface area contributed by atoms with Crippen LogP contribution in [0.5, 0.6) is 0 Å². The minimum Gasteiger partial charge on any atom is -0.0786 e. The number of halogens is 3. The molecule has 3 heteroatoms. The fraction of sp³-hybridized carbons (Fsp3) is 0.0588. The molecule has 0 bridgehead atoms. The Labute approximate surface area is 149 Å². The molecule has 0 heterocycles. The first-order chi connectivity index (χ1) is 9.66. The van der Waals surface area contributed by atoms with E-state index in [1.165, 1.54) is 25.5 Å². The summed E-state index contributed by atoms with van der Waals surface area (Å²) in [4.78, 5) is 0.204. The molecule has 0 N–H and O–H groups in total. The minimum absolute atomic E-state index is 0.204. The molecule has 0 saturated heterocycles. The van der Waals surface area contributed by atoms with Gasteiger partial charge in [0.15, 0.2) is 0 Å². The van der Waals surface area contributed by atoms with Crippen molar-refractivity contribution in [2.75, 3.05) is 0 Å². The van der Waals surface area contributed by atoms with Gasteiger partial charge in [0.25, 0.3) is 0 Å². The zero-order valence-electron chi connectivity index (χ0n) is 10.5. The van der Waals surface area contributed by atoms with E-state index in [2.05, 4.69) is 115 Å². The van der Waals surface area contributed by atoms with Crippen LogP contribution < -0.4 is 0 Å². The maximum absolute atomic E-state index is 3.86. The molecule has 0 aliphatic carbocycles. The highest BCUT2D eigenvalue weighted by Crippen LogP contribution is 2.37. The molecule has 20 heavy (non-hydrogen) atoms. The molecule has 3 aromatic carbocycles. The van der Waals surface area contributed by atoms with Crippen LogP contribution in [0.2, 0.25) is 0 Å². The van der Waals surface area contributed by atoms with Gasteiger partial charge in [0.2, 0.25) is 0 Å². The lowest BCUT2D eigenvalue weighted by Crippen LogP contribution is -1.95. The topological polar surface area (TPSA) is 0 Å². The number of hydrogen-bond acceptors (Lipinski definition) is 0. The maximum Gasteiger partial charge on any atom is 0.0650 e. The van der Waals surface area contributed by atoms with E-state index >= 15 is 0 Å². The van der Waals surface area contributed by atoms with E-state index in [1.807, 2.05) is 0 Å². The van der Waals surface area contributed by atoms with Crippen LogP contribution in [0.4, 0.5) is 0 Å². The van der Waals surface area contributed by atoms with Crippen molar-refractivity contribution in [1.29, 1.82) is 0 Å². The van der Waals surface area contributed by atoms with Crippen molar-refractivity contribution >= 4 is 65.2 Å². The van der Waals surface area contributed by atoms with Crippen molar-refractivity contribution in [3.63, 3.8) is 0 Å². The molecule has 1 unspecified atom stereocenters. The van der Waals surface area contributed by atoms with Crippen LogP contribution in [0, 0.1) is 3.57 Å².